The van der Waals surface area contributed by atoms with Crippen LogP contribution in [-0.2, 0) is 21.2 Å². The molecule has 0 radical (unpaired) electrons. The molecule has 0 atom stereocenters. The average Bonchev–Trinajstić information content (AvgIpc) is 2.44. The topological polar surface area (TPSA) is 55.4 Å². The maximum Gasteiger partial charge on any atom is 0.232 e. The zero-order chi connectivity index (χ0) is 15.9. The third-order valence-electron chi connectivity index (χ3n) is 2.73. The highest BCUT2D eigenvalue weighted by Crippen LogP contribution is 2.18. The minimum absolute atomic E-state index is 0.00189. The molecule has 0 amide bonds. The Kier molecular flexibility index (Phi) is 7.42. The van der Waals surface area contributed by atoms with E-state index in [-0.39, 0.29) is 5.75 Å². The zero-order valence-corrected chi connectivity index (χ0v) is 14.6. The molecule has 0 saturated heterocycles. The predicted octanol–water partition coefficient (Wildman–Crippen LogP) is 3.33. The molecular formula is C14H20ClNO3S2. The Morgan fingerprint density at radius 1 is 1.33 bits per heavy atom. The molecule has 1 rings (SSSR count). The van der Waals surface area contributed by atoms with Crippen molar-refractivity contribution in [2.24, 2.45) is 0 Å². The number of alkyl halides is 1. The van der Waals surface area contributed by atoms with Gasteiger partial charge in [-0.2, -0.15) is 0 Å². The molecule has 4 nitrogen and oxygen atoms in total. The van der Waals surface area contributed by atoms with Crippen molar-refractivity contribution in [2.75, 3.05) is 23.0 Å². The van der Waals surface area contributed by atoms with Crippen molar-refractivity contribution >= 4 is 44.6 Å². The van der Waals surface area contributed by atoms with Crippen LogP contribution in [0.25, 0.3) is 0 Å². The van der Waals surface area contributed by atoms with Gasteiger partial charge >= 0.3 is 0 Å². The van der Waals surface area contributed by atoms with Crippen molar-refractivity contribution in [2.45, 2.75) is 26.7 Å². The lowest BCUT2D eigenvalue weighted by molar-refractivity contribution is 0.337. The molecule has 118 valence electrons. The Bertz CT molecular complexity index is 588. The van der Waals surface area contributed by atoms with Crippen LogP contribution in [0.4, 0.5) is 5.69 Å². The van der Waals surface area contributed by atoms with E-state index in [0.29, 0.717) is 35.2 Å². The first-order chi connectivity index (χ1) is 9.91. The van der Waals surface area contributed by atoms with E-state index in [2.05, 4.69) is 4.72 Å². The largest absolute Gasteiger partial charge is 0.483 e. The van der Waals surface area contributed by atoms with Crippen LogP contribution in [0.5, 0.6) is 0 Å². The van der Waals surface area contributed by atoms with Crippen molar-refractivity contribution in [3.05, 3.63) is 29.3 Å². The quantitative estimate of drug-likeness (QED) is 0.577. The lowest BCUT2D eigenvalue weighted by Gasteiger charge is -2.12. The Balaban J connectivity index is 3.01. The normalized spacial score (nSPS) is 11.2. The van der Waals surface area contributed by atoms with E-state index in [9.17, 15) is 8.42 Å². The minimum Gasteiger partial charge on any atom is -0.483 e. The van der Waals surface area contributed by atoms with Crippen molar-refractivity contribution in [3.8, 4) is 0 Å². The molecule has 0 heterocycles. The molecule has 7 heteroatoms. The van der Waals surface area contributed by atoms with E-state index in [0.717, 1.165) is 12.0 Å². The van der Waals surface area contributed by atoms with Crippen LogP contribution in [0.1, 0.15) is 31.4 Å². The first-order valence-electron chi connectivity index (χ1n) is 6.79. The monoisotopic (exact) mass is 349 g/mol. The summed E-state index contributed by atoms with van der Waals surface area (Å²) < 4.78 is 31.7. The molecule has 1 aromatic rings. The summed E-state index contributed by atoms with van der Waals surface area (Å²) in [6.45, 7) is 4.33. The molecule has 0 aliphatic carbocycles. The van der Waals surface area contributed by atoms with Gasteiger partial charge in [-0.1, -0.05) is 6.92 Å². The predicted molar refractivity (Wildman–Crippen MR) is 91.9 cm³/mol. The molecule has 0 spiro atoms. The first kappa shape index (κ1) is 18.2. The number of aryl methyl sites for hydroxylation is 1. The Morgan fingerprint density at radius 3 is 2.62 bits per heavy atom. The number of halogens is 1. The van der Waals surface area contributed by atoms with Gasteiger partial charge in [0.1, 0.15) is 0 Å². The van der Waals surface area contributed by atoms with Crippen LogP contribution in [-0.4, -0.2) is 31.7 Å². The van der Waals surface area contributed by atoms with E-state index in [1.165, 1.54) is 0 Å². The van der Waals surface area contributed by atoms with Gasteiger partial charge in [-0.25, -0.2) is 8.42 Å². The average molecular weight is 350 g/mol. The van der Waals surface area contributed by atoms with Gasteiger partial charge in [-0.15, -0.1) is 11.6 Å². The van der Waals surface area contributed by atoms with Crippen LogP contribution < -0.4 is 4.72 Å². The standard InChI is InChI=1S/C14H20ClNO3S2/c1-3-11-8-12(14(20)19-4-2)10-13(9-11)16-21(17,18)7-5-6-15/h8-10,16H,3-7H2,1-2H3. The van der Waals surface area contributed by atoms with Gasteiger partial charge in [-0.3, -0.25) is 4.72 Å². The third-order valence-corrected chi connectivity index (χ3v) is 4.73. The number of rotatable bonds is 8. The van der Waals surface area contributed by atoms with Gasteiger partial charge in [0.15, 0.2) is 5.05 Å². The summed E-state index contributed by atoms with van der Waals surface area (Å²) in [6, 6.07) is 5.40. The fourth-order valence-corrected chi connectivity index (χ4v) is 3.39. The molecule has 0 bridgehead atoms. The second-order valence-corrected chi connectivity index (χ2v) is 7.05. The summed E-state index contributed by atoms with van der Waals surface area (Å²) in [5, 5.41) is 0.369. The third kappa shape index (κ3) is 6.20. The molecule has 0 aliphatic rings. The van der Waals surface area contributed by atoms with Gasteiger partial charge in [0.05, 0.1) is 12.4 Å². The van der Waals surface area contributed by atoms with Gasteiger partial charge in [0.25, 0.3) is 0 Å². The van der Waals surface area contributed by atoms with Crippen molar-refractivity contribution in [1.29, 1.82) is 0 Å². The second-order valence-electron chi connectivity index (χ2n) is 4.46. The number of ether oxygens (including phenoxy) is 1. The minimum atomic E-state index is -3.40. The lowest BCUT2D eigenvalue weighted by Crippen LogP contribution is -2.17. The van der Waals surface area contributed by atoms with Crippen molar-refractivity contribution < 1.29 is 13.2 Å². The molecule has 0 aliphatic heterocycles. The molecule has 1 aromatic carbocycles. The molecule has 0 saturated carbocycles. The summed E-state index contributed by atoms with van der Waals surface area (Å²) in [5.74, 6) is 0.313. The molecule has 21 heavy (non-hydrogen) atoms. The number of hydrogen-bond acceptors (Lipinski definition) is 4. The van der Waals surface area contributed by atoms with Crippen LogP contribution in [0.3, 0.4) is 0 Å². The number of hydrogen-bond donors (Lipinski definition) is 1. The Hall–Kier alpha value is -0.850. The molecule has 0 fully saturated rings. The fourth-order valence-electron chi connectivity index (χ4n) is 1.76. The van der Waals surface area contributed by atoms with E-state index in [1.54, 1.807) is 12.1 Å². The second kappa shape index (κ2) is 8.56. The van der Waals surface area contributed by atoms with Gasteiger partial charge in [-0.05, 0) is 55.7 Å². The maximum absolute atomic E-state index is 11.9. The summed E-state index contributed by atoms with van der Waals surface area (Å²) in [4.78, 5) is 0. The molecule has 1 N–H and O–H groups in total. The zero-order valence-electron chi connectivity index (χ0n) is 12.2. The number of benzene rings is 1. The summed E-state index contributed by atoms with van der Waals surface area (Å²) in [7, 11) is -3.40. The first-order valence-corrected chi connectivity index (χ1v) is 9.39. The number of nitrogens with one attached hydrogen (secondary N) is 1. The highest BCUT2D eigenvalue weighted by Gasteiger charge is 2.12. The summed E-state index contributed by atoms with van der Waals surface area (Å²) in [6.07, 6.45) is 1.19. The smallest absolute Gasteiger partial charge is 0.232 e. The van der Waals surface area contributed by atoms with Crippen molar-refractivity contribution in [1.82, 2.24) is 0 Å². The highest BCUT2D eigenvalue weighted by molar-refractivity contribution is 7.92. The van der Waals surface area contributed by atoms with Crippen LogP contribution in [0.2, 0.25) is 0 Å². The van der Waals surface area contributed by atoms with E-state index in [4.69, 9.17) is 28.6 Å². The van der Waals surface area contributed by atoms with Crippen LogP contribution >= 0.6 is 23.8 Å². The molecule has 0 aromatic heterocycles. The van der Waals surface area contributed by atoms with E-state index in [1.807, 2.05) is 19.9 Å². The summed E-state index contributed by atoms with van der Waals surface area (Å²) >= 11 is 10.7. The van der Waals surface area contributed by atoms with Gasteiger partial charge in [0, 0.05) is 17.1 Å². The number of sulfonamides is 1. The lowest BCUT2D eigenvalue weighted by atomic mass is 10.1. The van der Waals surface area contributed by atoms with Crippen LogP contribution in [0.15, 0.2) is 18.2 Å². The van der Waals surface area contributed by atoms with Crippen LogP contribution in [0, 0.1) is 0 Å². The molecular weight excluding hydrogens is 330 g/mol. The van der Waals surface area contributed by atoms with Crippen molar-refractivity contribution in [3.63, 3.8) is 0 Å². The number of thiocarbonyl (C=S) groups is 1. The molecule has 0 unspecified atom stereocenters. The van der Waals surface area contributed by atoms with Gasteiger partial charge < -0.3 is 4.74 Å². The SMILES string of the molecule is CCOC(=S)c1cc(CC)cc(NS(=O)(=O)CCCCl)c1. The van der Waals surface area contributed by atoms with E-state index >= 15 is 0 Å². The van der Waals surface area contributed by atoms with Gasteiger partial charge in [0.2, 0.25) is 10.0 Å². The Morgan fingerprint density at radius 2 is 2.05 bits per heavy atom. The highest BCUT2D eigenvalue weighted by atomic mass is 35.5. The Labute approximate surface area is 136 Å². The summed E-state index contributed by atoms with van der Waals surface area (Å²) in [5.41, 5.74) is 2.20. The van der Waals surface area contributed by atoms with E-state index < -0.39 is 10.0 Å². The number of anilines is 1. The maximum atomic E-state index is 11.9. The fraction of sp³-hybridized carbons (Fsp3) is 0.500.